The van der Waals surface area contributed by atoms with Crippen LogP contribution in [0.15, 0.2) is 83.9 Å². The van der Waals surface area contributed by atoms with E-state index < -0.39 is 0 Å². The van der Waals surface area contributed by atoms with Crippen LogP contribution in [0.5, 0.6) is 11.5 Å². The number of hydrogen-bond donors (Lipinski definition) is 1. The monoisotopic (exact) mass is 557 g/mol. The van der Waals surface area contributed by atoms with Crippen LogP contribution in [0.2, 0.25) is 0 Å². The van der Waals surface area contributed by atoms with Gasteiger partial charge in [-0.25, -0.2) is 0 Å². The van der Waals surface area contributed by atoms with Crippen LogP contribution in [-0.2, 0) is 4.79 Å². The molecule has 0 saturated carbocycles. The predicted octanol–water partition coefficient (Wildman–Crippen LogP) is 7.27. The maximum atomic E-state index is 13.1. The van der Waals surface area contributed by atoms with Crippen molar-refractivity contribution in [3.05, 3.63) is 84.4 Å². The SMILES string of the molecule is COc1cc2c(cc1OCCCC(=O)Nc1cc3c4ccccc4ccc3c3ccccc13)N=C[C@@H]1CCCN1C2=O. The van der Waals surface area contributed by atoms with Crippen LogP contribution < -0.4 is 14.8 Å². The number of carbonyl (C=O) groups is 2. The lowest BCUT2D eigenvalue weighted by atomic mass is 9.96. The fourth-order valence-electron chi connectivity index (χ4n) is 6.21. The van der Waals surface area contributed by atoms with Crippen molar-refractivity contribution in [3.8, 4) is 11.5 Å². The highest BCUT2D eigenvalue weighted by Crippen LogP contribution is 2.39. The predicted molar refractivity (Wildman–Crippen MR) is 168 cm³/mol. The summed E-state index contributed by atoms with van der Waals surface area (Å²) in [5.41, 5.74) is 1.91. The van der Waals surface area contributed by atoms with Crippen molar-refractivity contribution >= 4 is 61.7 Å². The van der Waals surface area contributed by atoms with Crippen LogP contribution in [-0.4, -0.2) is 49.2 Å². The number of nitrogens with zero attached hydrogens (tertiary/aromatic N) is 2. The Bertz CT molecular complexity index is 1900. The van der Waals surface area contributed by atoms with E-state index in [4.69, 9.17) is 9.47 Å². The molecule has 1 fully saturated rings. The molecule has 210 valence electrons. The number of ether oxygens (including phenoxy) is 2. The van der Waals surface area contributed by atoms with Gasteiger partial charge in [-0.1, -0.05) is 60.7 Å². The molecule has 7 heteroatoms. The molecule has 2 aliphatic rings. The first-order valence-corrected chi connectivity index (χ1v) is 14.4. The van der Waals surface area contributed by atoms with E-state index in [2.05, 4.69) is 46.7 Å². The van der Waals surface area contributed by atoms with Gasteiger partial charge in [0, 0.05) is 36.3 Å². The summed E-state index contributed by atoms with van der Waals surface area (Å²) in [7, 11) is 1.56. The van der Waals surface area contributed by atoms with Crippen molar-refractivity contribution in [1.29, 1.82) is 0 Å². The van der Waals surface area contributed by atoms with Gasteiger partial charge in [-0.05, 0) is 58.3 Å². The van der Waals surface area contributed by atoms with Gasteiger partial charge in [0.15, 0.2) is 11.5 Å². The zero-order chi connectivity index (χ0) is 28.6. The first-order valence-electron chi connectivity index (χ1n) is 14.4. The highest BCUT2D eigenvalue weighted by atomic mass is 16.5. The number of benzene rings is 5. The minimum Gasteiger partial charge on any atom is -0.493 e. The average Bonchev–Trinajstić information content (AvgIpc) is 3.46. The summed E-state index contributed by atoms with van der Waals surface area (Å²) < 4.78 is 11.6. The van der Waals surface area contributed by atoms with Crippen molar-refractivity contribution in [1.82, 2.24) is 4.90 Å². The Morgan fingerprint density at radius 1 is 0.929 bits per heavy atom. The second-order valence-electron chi connectivity index (χ2n) is 10.9. The van der Waals surface area contributed by atoms with Crippen LogP contribution in [0, 0.1) is 0 Å². The molecule has 0 aliphatic carbocycles. The second-order valence-corrected chi connectivity index (χ2v) is 10.9. The van der Waals surface area contributed by atoms with Gasteiger partial charge in [0.25, 0.3) is 5.91 Å². The summed E-state index contributed by atoms with van der Waals surface area (Å²) in [5.74, 6) is 0.888. The van der Waals surface area contributed by atoms with Gasteiger partial charge >= 0.3 is 0 Å². The molecule has 2 amide bonds. The van der Waals surface area contributed by atoms with Gasteiger partial charge in [-0.3, -0.25) is 14.6 Å². The van der Waals surface area contributed by atoms with E-state index in [1.54, 1.807) is 19.2 Å². The Balaban J connectivity index is 1.06. The molecule has 1 atom stereocenters. The van der Waals surface area contributed by atoms with E-state index in [1.807, 2.05) is 41.4 Å². The Kier molecular flexibility index (Phi) is 6.70. The average molecular weight is 558 g/mol. The fraction of sp³-hybridized carbons (Fsp3) is 0.229. The summed E-state index contributed by atoms with van der Waals surface area (Å²) in [4.78, 5) is 32.7. The van der Waals surface area contributed by atoms with Crippen LogP contribution in [0.1, 0.15) is 36.0 Å². The highest BCUT2D eigenvalue weighted by molar-refractivity contribution is 6.21. The van der Waals surface area contributed by atoms with E-state index in [-0.39, 0.29) is 17.9 Å². The summed E-state index contributed by atoms with van der Waals surface area (Å²) in [6, 6.07) is 26.4. The normalized spacial score (nSPS) is 16.0. The van der Waals surface area contributed by atoms with Crippen molar-refractivity contribution in [2.45, 2.75) is 31.7 Å². The number of fused-ring (bicyclic) bond motifs is 7. The summed E-state index contributed by atoms with van der Waals surface area (Å²) in [5, 5.41) is 9.87. The largest absolute Gasteiger partial charge is 0.493 e. The van der Waals surface area contributed by atoms with Crippen LogP contribution >= 0.6 is 0 Å². The molecule has 0 aromatic heterocycles. The third-order valence-corrected chi connectivity index (χ3v) is 8.30. The zero-order valence-corrected chi connectivity index (χ0v) is 23.4. The smallest absolute Gasteiger partial charge is 0.256 e. The molecule has 42 heavy (non-hydrogen) atoms. The van der Waals surface area contributed by atoms with Crippen molar-refractivity contribution in [2.24, 2.45) is 4.99 Å². The summed E-state index contributed by atoms with van der Waals surface area (Å²) in [6.07, 6.45) is 4.58. The quantitative estimate of drug-likeness (QED) is 0.169. The fourth-order valence-corrected chi connectivity index (χ4v) is 6.21. The number of carbonyl (C=O) groups excluding carboxylic acids is 2. The van der Waals surface area contributed by atoms with Crippen molar-refractivity contribution in [3.63, 3.8) is 0 Å². The molecule has 1 saturated heterocycles. The van der Waals surface area contributed by atoms with Crippen molar-refractivity contribution < 1.29 is 19.1 Å². The molecule has 7 rings (SSSR count). The lowest BCUT2D eigenvalue weighted by Gasteiger charge is -2.20. The van der Waals surface area contributed by atoms with Gasteiger partial charge in [-0.2, -0.15) is 0 Å². The molecule has 2 heterocycles. The summed E-state index contributed by atoms with van der Waals surface area (Å²) in [6.45, 7) is 1.06. The molecule has 0 spiro atoms. The standard InChI is InChI=1S/C35H31N3O4/c1-41-32-19-29-30(36-21-23-9-6-16-38(23)35(29)40)20-33(32)42-17-7-13-34(39)37-31-18-28-24-10-3-2-8-22(24)14-15-26(28)25-11-4-5-12-27(25)31/h2-5,8,10-12,14-15,18-21,23H,6-7,9,13,16-17H2,1H3,(H,37,39)/t23-/m0/s1. The molecule has 1 N–H and O–H groups in total. The Hall–Kier alpha value is -4.91. The van der Waals surface area contributed by atoms with Gasteiger partial charge in [0.05, 0.1) is 31.0 Å². The number of nitrogens with one attached hydrogen (secondary N) is 1. The number of methoxy groups -OCH3 is 1. The molecule has 0 unspecified atom stereocenters. The molecule has 2 aliphatic heterocycles. The van der Waals surface area contributed by atoms with Gasteiger partial charge < -0.3 is 19.7 Å². The molecule has 5 aromatic rings. The van der Waals surface area contributed by atoms with Gasteiger partial charge in [-0.15, -0.1) is 0 Å². The Morgan fingerprint density at radius 2 is 1.71 bits per heavy atom. The van der Waals surface area contributed by atoms with E-state index in [9.17, 15) is 9.59 Å². The molecule has 5 aromatic carbocycles. The van der Waals surface area contributed by atoms with Crippen molar-refractivity contribution in [2.75, 3.05) is 25.6 Å². The number of rotatable bonds is 7. The van der Waals surface area contributed by atoms with Crippen LogP contribution in [0.25, 0.3) is 32.3 Å². The van der Waals surface area contributed by atoms with E-state index in [0.717, 1.165) is 52.0 Å². The highest BCUT2D eigenvalue weighted by Gasteiger charge is 2.32. The van der Waals surface area contributed by atoms with Gasteiger partial charge in [0.1, 0.15) is 0 Å². The molecule has 0 bridgehead atoms. The molecular weight excluding hydrogens is 526 g/mol. The molecular formula is C35H31N3O4. The summed E-state index contributed by atoms with van der Waals surface area (Å²) >= 11 is 0. The number of hydrogen-bond acceptors (Lipinski definition) is 5. The number of anilines is 1. The third kappa shape index (κ3) is 4.61. The molecule has 0 radical (unpaired) electrons. The maximum Gasteiger partial charge on any atom is 0.256 e. The second kappa shape index (κ2) is 10.8. The molecule has 7 nitrogen and oxygen atoms in total. The van der Waals surface area contributed by atoms with Gasteiger partial charge in [0.2, 0.25) is 5.91 Å². The Morgan fingerprint density at radius 3 is 2.57 bits per heavy atom. The Labute approximate surface area is 243 Å². The van der Waals surface area contributed by atoms with E-state index in [0.29, 0.717) is 42.2 Å². The van der Waals surface area contributed by atoms with E-state index in [1.165, 1.54) is 5.39 Å². The minimum atomic E-state index is -0.0759. The lowest BCUT2D eigenvalue weighted by molar-refractivity contribution is -0.116. The zero-order valence-electron chi connectivity index (χ0n) is 23.4. The maximum absolute atomic E-state index is 13.1. The number of amides is 2. The first kappa shape index (κ1) is 26.0. The number of aliphatic imine (C=N–C) groups is 1. The first-order chi connectivity index (χ1) is 20.6. The van der Waals surface area contributed by atoms with Crippen LogP contribution in [0.4, 0.5) is 11.4 Å². The lowest BCUT2D eigenvalue weighted by Crippen LogP contribution is -2.35. The van der Waals surface area contributed by atoms with Crippen LogP contribution in [0.3, 0.4) is 0 Å². The minimum absolute atomic E-state index is 0.0271. The third-order valence-electron chi connectivity index (χ3n) is 8.30. The van der Waals surface area contributed by atoms with E-state index >= 15 is 0 Å². The topological polar surface area (TPSA) is 80.2 Å².